The van der Waals surface area contributed by atoms with Crippen LogP contribution in [0.3, 0.4) is 0 Å². The first kappa shape index (κ1) is 13.7. The zero-order valence-corrected chi connectivity index (χ0v) is 12.8. The second-order valence-electron chi connectivity index (χ2n) is 6.91. The van der Waals surface area contributed by atoms with Crippen molar-refractivity contribution in [3.8, 4) is 0 Å². The minimum absolute atomic E-state index is 0.311. The third-order valence-electron chi connectivity index (χ3n) is 4.70. The summed E-state index contributed by atoms with van der Waals surface area (Å²) in [5, 5.41) is 0. The lowest BCUT2D eigenvalue weighted by Crippen LogP contribution is -2.34. The molecule has 0 aliphatic heterocycles. The van der Waals surface area contributed by atoms with Gasteiger partial charge in [0.05, 0.1) is 0 Å². The monoisotopic (exact) mass is 271 g/mol. The first-order valence-corrected chi connectivity index (χ1v) is 7.95. The minimum atomic E-state index is 0.311. The molecular formula is C18H25NO. The average Bonchev–Trinajstić information content (AvgIpc) is 3.32. The summed E-state index contributed by atoms with van der Waals surface area (Å²) in [4.78, 5) is 14.6. The van der Waals surface area contributed by atoms with Crippen LogP contribution in [0, 0.1) is 11.8 Å². The van der Waals surface area contributed by atoms with Gasteiger partial charge < -0.3 is 4.90 Å². The molecule has 1 aromatic rings. The van der Waals surface area contributed by atoms with E-state index >= 15 is 0 Å². The SMILES string of the molecule is CC(C)c1ccc(CN(C(=O)C2CC2C)C2CC2)cc1. The van der Waals surface area contributed by atoms with E-state index in [0.29, 0.717) is 29.7 Å². The molecule has 2 saturated carbocycles. The first-order valence-electron chi connectivity index (χ1n) is 7.95. The van der Waals surface area contributed by atoms with Gasteiger partial charge in [0, 0.05) is 18.5 Å². The van der Waals surface area contributed by atoms with Crippen molar-refractivity contribution < 1.29 is 4.79 Å². The van der Waals surface area contributed by atoms with Crippen molar-refractivity contribution in [2.24, 2.45) is 11.8 Å². The van der Waals surface area contributed by atoms with Crippen LogP contribution in [0.4, 0.5) is 0 Å². The van der Waals surface area contributed by atoms with E-state index in [-0.39, 0.29) is 0 Å². The van der Waals surface area contributed by atoms with Gasteiger partial charge in [-0.15, -0.1) is 0 Å². The van der Waals surface area contributed by atoms with E-state index in [2.05, 4.69) is 49.9 Å². The molecule has 2 atom stereocenters. The number of rotatable bonds is 5. The van der Waals surface area contributed by atoms with Gasteiger partial charge in [-0.05, 0) is 42.2 Å². The Balaban J connectivity index is 1.68. The van der Waals surface area contributed by atoms with Crippen molar-refractivity contribution in [3.63, 3.8) is 0 Å². The Morgan fingerprint density at radius 2 is 1.85 bits per heavy atom. The number of nitrogens with zero attached hydrogens (tertiary/aromatic N) is 1. The van der Waals surface area contributed by atoms with Gasteiger partial charge in [0.2, 0.25) is 5.91 Å². The molecule has 0 heterocycles. The van der Waals surface area contributed by atoms with E-state index in [1.165, 1.54) is 24.0 Å². The summed E-state index contributed by atoms with van der Waals surface area (Å²) in [6.45, 7) is 7.41. The Morgan fingerprint density at radius 3 is 2.30 bits per heavy atom. The fourth-order valence-corrected chi connectivity index (χ4v) is 2.86. The van der Waals surface area contributed by atoms with Crippen LogP contribution in [0.2, 0.25) is 0 Å². The van der Waals surface area contributed by atoms with Crippen LogP contribution in [0.1, 0.15) is 57.1 Å². The number of benzene rings is 1. The van der Waals surface area contributed by atoms with Gasteiger partial charge in [-0.1, -0.05) is 45.0 Å². The van der Waals surface area contributed by atoms with Gasteiger partial charge in [0.1, 0.15) is 0 Å². The summed E-state index contributed by atoms with van der Waals surface area (Å²) in [6, 6.07) is 9.30. The maximum atomic E-state index is 12.5. The molecule has 0 saturated heterocycles. The van der Waals surface area contributed by atoms with Crippen molar-refractivity contribution in [3.05, 3.63) is 35.4 Å². The minimum Gasteiger partial charge on any atom is -0.335 e. The van der Waals surface area contributed by atoms with Crippen LogP contribution in [0.15, 0.2) is 24.3 Å². The van der Waals surface area contributed by atoms with Gasteiger partial charge in [-0.25, -0.2) is 0 Å². The fourth-order valence-electron chi connectivity index (χ4n) is 2.86. The van der Waals surface area contributed by atoms with Gasteiger partial charge in [0.15, 0.2) is 0 Å². The molecule has 2 unspecified atom stereocenters. The second kappa shape index (κ2) is 5.23. The largest absolute Gasteiger partial charge is 0.335 e. The molecule has 20 heavy (non-hydrogen) atoms. The number of carbonyl (C=O) groups is 1. The molecule has 2 nitrogen and oxygen atoms in total. The number of amides is 1. The number of hydrogen-bond donors (Lipinski definition) is 0. The number of hydrogen-bond acceptors (Lipinski definition) is 1. The first-order chi connectivity index (χ1) is 9.56. The van der Waals surface area contributed by atoms with Crippen LogP contribution in [-0.4, -0.2) is 16.8 Å². The lowest BCUT2D eigenvalue weighted by Gasteiger charge is -2.23. The standard InChI is InChI=1S/C18H25NO/c1-12(2)15-6-4-14(5-7-15)11-19(16-8-9-16)18(20)17-10-13(17)3/h4-7,12-13,16-17H,8-11H2,1-3H3. The molecule has 108 valence electrons. The van der Waals surface area contributed by atoms with Gasteiger partial charge in [-0.2, -0.15) is 0 Å². The van der Waals surface area contributed by atoms with E-state index < -0.39 is 0 Å². The van der Waals surface area contributed by atoms with E-state index in [4.69, 9.17) is 0 Å². The summed E-state index contributed by atoms with van der Waals surface area (Å²) in [5.74, 6) is 1.88. The highest BCUT2D eigenvalue weighted by atomic mass is 16.2. The maximum absolute atomic E-state index is 12.5. The predicted octanol–water partition coefficient (Wildman–Crippen LogP) is 3.96. The van der Waals surface area contributed by atoms with Crippen molar-refractivity contribution in [2.75, 3.05) is 0 Å². The Hall–Kier alpha value is -1.31. The van der Waals surface area contributed by atoms with Crippen LogP contribution < -0.4 is 0 Å². The quantitative estimate of drug-likeness (QED) is 0.794. The fraction of sp³-hybridized carbons (Fsp3) is 0.611. The van der Waals surface area contributed by atoms with Gasteiger partial charge >= 0.3 is 0 Å². The van der Waals surface area contributed by atoms with Crippen LogP contribution in [-0.2, 0) is 11.3 Å². The summed E-state index contributed by atoms with van der Waals surface area (Å²) >= 11 is 0. The molecule has 0 radical (unpaired) electrons. The third-order valence-corrected chi connectivity index (χ3v) is 4.70. The molecule has 0 spiro atoms. The van der Waals surface area contributed by atoms with E-state index in [0.717, 1.165) is 13.0 Å². The Bertz CT molecular complexity index is 487. The molecule has 0 bridgehead atoms. The van der Waals surface area contributed by atoms with E-state index in [1.807, 2.05) is 0 Å². The molecule has 2 aliphatic rings. The second-order valence-corrected chi connectivity index (χ2v) is 6.91. The summed E-state index contributed by atoms with van der Waals surface area (Å²) < 4.78 is 0. The lowest BCUT2D eigenvalue weighted by molar-refractivity contribution is -0.134. The molecule has 2 aliphatic carbocycles. The normalized spacial score (nSPS) is 24.8. The molecule has 3 rings (SSSR count). The molecule has 2 heteroatoms. The Labute approximate surface area is 122 Å². The topological polar surface area (TPSA) is 20.3 Å². The van der Waals surface area contributed by atoms with Crippen molar-refractivity contribution >= 4 is 5.91 Å². The maximum Gasteiger partial charge on any atom is 0.226 e. The molecule has 1 amide bonds. The zero-order chi connectivity index (χ0) is 14.3. The van der Waals surface area contributed by atoms with Crippen molar-refractivity contribution in [1.29, 1.82) is 0 Å². The van der Waals surface area contributed by atoms with Crippen LogP contribution >= 0.6 is 0 Å². The summed E-state index contributed by atoms with van der Waals surface area (Å²) in [5.41, 5.74) is 2.64. The van der Waals surface area contributed by atoms with Crippen molar-refractivity contribution in [2.45, 2.75) is 58.5 Å². The molecule has 0 aromatic heterocycles. The zero-order valence-electron chi connectivity index (χ0n) is 12.8. The summed E-state index contributed by atoms with van der Waals surface area (Å²) in [7, 11) is 0. The molecule has 2 fully saturated rings. The van der Waals surface area contributed by atoms with Crippen molar-refractivity contribution in [1.82, 2.24) is 4.90 Å². The highest BCUT2D eigenvalue weighted by Gasteiger charge is 2.44. The van der Waals surface area contributed by atoms with Crippen LogP contribution in [0.25, 0.3) is 0 Å². The van der Waals surface area contributed by atoms with E-state index in [9.17, 15) is 4.79 Å². The highest BCUT2D eigenvalue weighted by Crippen LogP contribution is 2.42. The Kier molecular flexibility index (Phi) is 3.57. The van der Waals surface area contributed by atoms with E-state index in [1.54, 1.807) is 0 Å². The Morgan fingerprint density at radius 1 is 1.25 bits per heavy atom. The van der Waals surface area contributed by atoms with Gasteiger partial charge in [-0.3, -0.25) is 4.79 Å². The predicted molar refractivity (Wildman–Crippen MR) is 81.4 cm³/mol. The highest BCUT2D eigenvalue weighted by molar-refractivity contribution is 5.82. The number of carbonyl (C=O) groups excluding carboxylic acids is 1. The summed E-state index contributed by atoms with van der Waals surface area (Å²) in [6.07, 6.45) is 3.47. The smallest absolute Gasteiger partial charge is 0.226 e. The van der Waals surface area contributed by atoms with Gasteiger partial charge in [0.25, 0.3) is 0 Å². The average molecular weight is 271 g/mol. The third kappa shape index (κ3) is 2.89. The molecule has 0 N–H and O–H groups in total. The van der Waals surface area contributed by atoms with Crippen LogP contribution in [0.5, 0.6) is 0 Å². The molecular weight excluding hydrogens is 246 g/mol. The lowest BCUT2D eigenvalue weighted by atomic mass is 10.0. The molecule has 1 aromatic carbocycles.